The summed E-state index contributed by atoms with van der Waals surface area (Å²) in [5, 5.41) is 0. The van der Waals surface area contributed by atoms with E-state index >= 15 is 30.7 Å². The van der Waals surface area contributed by atoms with Crippen LogP contribution in [0.25, 0.3) is 0 Å². The maximum atomic E-state index is 17.0. The third-order valence-electron chi connectivity index (χ3n) is 8.90. The second-order valence-corrected chi connectivity index (χ2v) is 18.5. The highest BCUT2D eigenvalue weighted by molar-refractivity contribution is 7.09. The minimum Gasteiger partial charge on any atom is -0.358 e. The zero-order valence-electron chi connectivity index (χ0n) is 30.3. The smallest absolute Gasteiger partial charge is 0.358 e. The van der Waals surface area contributed by atoms with E-state index in [1.54, 1.807) is 0 Å². The van der Waals surface area contributed by atoms with Crippen molar-refractivity contribution < 1.29 is 30.7 Å². The van der Waals surface area contributed by atoms with Gasteiger partial charge in [-0.2, -0.15) is 0 Å². The molecular formula is C42H34F7N7Si2. The Morgan fingerprint density at radius 1 is 0.259 bits per heavy atom. The Morgan fingerprint density at radius 3 is 0.655 bits per heavy atom. The quantitative estimate of drug-likeness (QED) is 0.0454. The average molecular weight is 826 g/mol. The van der Waals surface area contributed by atoms with Gasteiger partial charge in [0.25, 0.3) is 0 Å². The largest absolute Gasteiger partial charge is 0.491 e. The van der Waals surface area contributed by atoms with Crippen LogP contribution in [0.3, 0.4) is 0 Å². The number of anilines is 7. The van der Waals surface area contributed by atoms with E-state index in [-0.39, 0.29) is 39.8 Å². The number of benzene rings is 7. The fourth-order valence-corrected chi connectivity index (χ4v) is 15.0. The van der Waals surface area contributed by atoms with Gasteiger partial charge in [-0.15, -0.1) is 0 Å². The molecule has 0 heterocycles. The molecule has 0 radical (unpaired) electrons. The van der Waals surface area contributed by atoms with Gasteiger partial charge in [-0.05, 0) is 84.9 Å². The standard InChI is InChI=1S/C42H34F7N7Si2/c43-29-15-1-8-22-36(29)50-57(51-37-23-9-2-16-30(37)44,52-38-24-10-3-17-31(38)45)56(42-28-14-7-21-35(42)49)58(53-39-25-11-4-18-32(39)46,54-40-26-12-5-19-33(40)47)55-41-27-13-6-20-34(41)48/h1-28,50-55H. The summed E-state index contributed by atoms with van der Waals surface area (Å²) in [7, 11) is -10.1. The predicted molar refractivity (Wildman–Crippen MR) is 221 cm³/mol. The fraction of sp³-hybridized carbons (Fsp3) is 0. The maximum Gasteiger partial charge on any atom is 0.491 e. The maximum absolute atomic E-state index is 17.0. The van der Waals surface area contributed by atoms with Gasteiger partial charge in [-0.1, -0.05) is 84.9 Å². The Morgan fingerprint density at radius 2 is 0.448 bits per heavy atom. The van der Waals surface area contributed by atoms with Crippen LogP contribution in [-0.4, -0.2) is 17.4 Å². The average Bonchev–Trinajstić information content (AvgIpc) is 3.21. The van der Waals surface area contributed by atoms with E-state index in [2.05, 4.69) is 29.9 Å². The molecule has 7 rings (SSSR count). The Kier molecular flexibility index (Phi) is 11.6. The number of nitrogens with zero attached hydrogens (tertiary/aromatic N) is 1. The summed E-state index contributed by atoms with van der Waals surface area (Å²) in [6.07, 6.45) is 0. The molecule has 0 atom stereocenters. The molecule has 0 saturated carbocycles. The number of halogens is 7. The molecule has 0 aliphatic rings. The van der Waals surface area contributed by atoms with Crippen LogP contribution in [0.15, 0.2) is 170 Å². The first-order valence-electron chi connectivity index (χ1n) is 17.8. The van der Waals surface area contributed by atoms with Crippen LogP contribution in [-0.2, 0) is 0 Å². The van der Waals surface area contributed by atoms with Crippen LogP contribution in [0.2, 0.25) is 0 Å². The summed E-state index contributed by atoms with van der Waals surface area (Å²) < 4.78 is 115. The highest BCUT2D eigenvalue weighted by atomic mass is 28.4. The molecular weight excluding hydrogens is 792 g/mol. The van der Waals surface area contributed by atoms with Gasteiger partial charge in [0.2, 0.25) is 0 Å². The molecule has 7 nitrogen and oxygen atoms in total. The number of para-hydroxylation sites is 7. The molecule has 0 aliphatic heterocycles. The molecule has 0 saturated heterocycles. The lowest BCUT2D eigenvalue weighted by molar-refractivity contribution is 0.628. The van der Waals surface area contributed by atoms with Gasteiger partial charge in [0, 0.05) is 0 Å². The lowest BCUT2D eigenvalue weighted by Crippen LogP contribution is -2.86. The molecule has 0 aliphatic carbocycles. The molecule has 294 valence electrons. The van der Waals surface area contributed by atoms with E-state index in [1.807, 2.05) is 0 Å². The van der Waals surface area contributed by atoms with Crippen molar-refractivity contribution in [3.63, 3.8) is 0 Å². The van der Waals surface area contributed by atoms with Crippen LogP contribution >= 0.6 is 0 Å². The second-order valence-electron chi connectivity index (χ2n) is 12.8. The molecule has 0 spiro atoms. The van der Waals surface area contributed by atoms with Crippen LogP contribution in [0, 0.1) is 40.7 Å². The second kappa shape index (κ2) is 17.1. The lowest BCUT2D eigenvalue weighted by Gasteiger charge is -2.52. The minimum absolute atomic E-state index is 0.228. The Bertz CT molecular complexity index is 2150. The molecule has 7 aromatic carbocycles. The summed E-state index contributed by atoms with van der Waals surface area (Å²) in [4.78, 5) is 18.9. The fourth-order valence-electron chi connectivity index (χ4n) is 6.31. The van der Waals surface area contributed by atoms with Crippen LogP contribution in [0.4, 0.5) is 70.5 Å². The third kappa shape index (κ3) is 8.42. The van der Waals surface area contributed by atoms with Crippen LogP contribution in [0.5, 0.6) is 0 Å². The van der Waals surface area contributed by atoms with Gasteiger partial charge in [0.1, 0.15) is 40.7 Å². The van der Waals surface area contributed by atoms with Crippen molar-refractivity contribution in [3.8, 4) is 0 Å². The first-order chi connectivity index (χ1) is 28.1. The molecule has 0 aromatic heterocycles. The van der Waals surface area contributed by atoms with E-state index in [4.69, 9.17) is 0 Å². The van der Waals surface area contributed by atoms with Gasteiger partial charge >= 0.3 is 17.4 Å². The number of rotatable bonds is 15. The monoisotopic (exact) mass is 825 g/mol. The first-order valence-corrected chi connectivity index (χ1v) is 21.7. The molecule has 6 N–H and O–H groups in total. The Labute approximate surface area is 331 Å². The van der Waals surface area contributed by atoms with Crippen molar-refractivity contribution in [3.05, 3.63) is 211 Å². The van der Waals surface area contributed by atoms with E-state index in [9.17, 15) is 0 Å². The Hall–Kier alpha value is -6.92. The highest BCUT2D eigenvalue weighted by Crippen LogP contribution is 2.37. The predicted octanol–water partition coefficient (Wildman–Crippen LogP) is 11.0. The highest BCUT2D eigenvalue weighted by Gasteiger charge is 2.60. The molecule has 0 fully saturated rings. The van der Waals surface area contributed by atoms with Gasteiger partial charge in [-0.3, -0.25) is 0 Å². The van der Waals surface area contributed by atoms with Crippen molar-refractivity contribution in [2.75, 3.05) is 34.1 Å². The summed E-state index contributed by atoms with van der Waals surface area (Å²) in [6.45, 7) is 0. The first kappa shape index (κ1) is 39.3. The third-order valence-corrected chi connectivity index (χ3v) is 16.5. The normalized spacial score (nSPS) is 11.4. The molecule has 16 heteroatoms. The van der Waals surface area contributed by atoms with E-state index < -0.39 is 58.2 Å². The summed E-state index contributed by atoms with van der Waals surface area (Å²) in [6, 6.07) is 37.8. The van der Waals surface area contributed by atoms with Gasteiger partial charge < -0.3 is 34.1 Å². The van der Waals surface area contributed by atoms with Crippen molar-refractivity contribution in [2.45, 2.75) is 0 Å². The molecule has 0 unspecified atom stereocenters. The van der Waals surface area contributed by atoms with Crippen molar-refractivity contribution in [1.29, 1.82) is 0 Å². The number of hydrogen-bond donors (Lipinski definition) is 6. The summed E-state index contributed by atoms with van der Waals surface area (Å²) in [5.74, 6) is -5.87. The van der Waals surface area contributed by atoms with Gasteiger partial charge in [0.05, 0.1) is 39.8 Å². The van der Waals surface area contributed by atoms with E-state index in [0.717, 1.165) is 42.5 Å². The van der Waals surface area contributed by atoms with E-state index in [1.165, 1.54) is 132 Å². The minimum atomic E-state index is -5.03. The number of nitrogens with one attached hydrogen (secondary N) is 6. The molecule has 0 amide bonds. The van der Waals surface area contributed by atoms with Crippen molar-refractivity contribution in [2.24, 2.45) is 0 Å². The molecule has 58 heavy (non-hydrogen) atoms. The summed E-state index contributed by atoms with van der Waals surface area (Å²) in [5.41, 5.74) is -1.71. The summed E-state index contributed by atoms with van der Waals surface area (Å²) >= 11 is 0. The zero-order valence-corrected chi connectivity index (χ0v) is 32.3. The Balaban J connectivity index is 1.67. The van der Waals surface area contributed by atoms with Crippen LogP contribution in [0.1, 0.15) is 0 Å². The van der Waals surface area contributed by atoms with Crippen molar-refractivity contribution >= 4 is 57.3 Å². The molecule has 7 aromatic rings. The van der Waals surface area contributed by atoms with Crippen molar-refractivity contribution in [1.82, 2.24) is 0 Å². The van der Waals surface area contributed by atoms with Gasteiger partial charge in [0.15, 0.2) is 0 Å². The topological polar surface area (TPSA) is 75.4 Å². The lowest BCUT2D eigenvalue weighted by atomic mass is 10.3. The van der Waals surface area contributed by atoms with Crippen LogP contribution < -0.4 is 34.1 Å². The van der Waals surface area contributed by atoms with E-state index in [0.29, 0.717) is 0 Å². The number of hydrogen-bond acceptors (Lipinski definition) is 7. The SMILES string of the molecule is Fc1ccccc1N[Si](Nc1ccccc1F)(Nc1ccccc1F)N(c1ccccc1F)[Si](Nc1ccccc1F)(Nc1ccccc1F)Nc1ccccc1F. The molecule has 0 bridgehead atoms. The zero-order chi connectivity index (χ0) is 40.7. The van der Waals surface area contributed by atoms with Gasteiger partial charge in [-0.25, -0.2) is 30.7 Å².